The van der Waals surface area contributed by atoms with E-state index in [-0.39, 0.29) is 36.8 Å². The van der Waals surface area contributed by atoms with E-state index in [0.717, 1.165) is 16.9 Å². The van der Waals surface area contributed by atoms with Crippen LogP contribution in [-0.2, 0) is 29.1 Å². The predicted molar refractivity (Wildman–Crippen MR) is 123 cm³/mol. The molecule has 1 saturated heterocycles. The number of nitrogens with zero attached hydrogens (tertiary/aromatic N) is 5. The number of carbonyl (C=O) groups is 2. The minimum absolute atomic E-state index is 0.0391. The van der Waals surface area contributed by atoms with Crippen LogP contribution in [0.5, 0.6) is 5.75 Å². The van der Waals surface area contributed by atoms with Crippen LogP contribution < -0.4 is 4.74 Å². The molecule has 2 aromatic carbocycles. The van der Waals surface area contributed by atoms with E-state index < -0.39 is 0 Å². The zero-order valence-corrected chi connectivity index (χ0v) is 19.4. The largest absolute Gasteiger partial charge is 0.497 e. The Hall–Kier alpha value is -3.79. The molecule has 9 nitrogen and oxygen atoms in total. The minimum atomic E-state index is -0.328. The molecule has 0 spiro atoms. The van der Waals surface area contributed by atoms with Crippen molar-refractivity contribution in [2.24, 2.45) is 0 Å². The van der Waals surface area contributed by atoms with Crippen LogP contribution in [0.3, 0.4) is 0 Å². The first kappa shape index (κ1) is 23.0. The summed E-state index contributed by atoms with van der Waals surface area (Å²) >= 11 is 0. The molecule has 0 bridgehead atoms. The molecule has 5 rings (SSSR count). The Labute approximate surface area is 202 Å². The van der Waals surface area contributed by atoms with Gasteiger partial charge in [0.2, 0.25) is 5.91 Å². The van der Waals surface area contributed by atoms with Gasteiger partial charge in [-0.1, -0.05) is 29.5 Å². The summed E-state index contributed by atoms with van der Waals surface area (Å²) in [5.41, 5.74) is 2.72. The maximum atomic E-state index is 13.2. The molecule has 2 aliphatic heterocycles. The summed E-state index contributed by atoms with van der Waals surface area (Å²) in [5.74, 6) is 0.202. The van der Waals surface area contributed by atoms with Crippen LogP contribution in [0.4, 0.5) is 4.39 Å². The topological polar surface area (TPSA) is 89.8 Å². The lowest BCUT2D eigenvalue weighted by Gasteiger charge is -2.34. The normalized spacial score (nSPS) is 17.7. The van der Waals surface area contributed by atoms with Gasteiger partial charge in [0.05, 0.1) is 32.4 Å². The molecule has 1 atom stereocenters. The van der Waals surface area contributed by atoms with E-state index in [9.17, 15) is 14.0 Å². The third kappa shape index (κ3) is 4.88. The summed E-state index contributed by atoms with van der Waals surface area (Å²) in [7, 11) is 1.62. The number of methoxy groups -OCH3 is 1. The number of hydrogen-bond acceptors (Lipinski definition) is 6. The van der Waals surface area contributed by atoms with E-state index in [1.807, 2.05) is 24.3 Å². The first-order chi connectivity index (χ1) is 17.0. The fourth-order valence-corrected chi connectivity index (χ4v) is 4.40. The minimum Gasteiger partial charge on any atom is -0.497 e. The van der Waals surface area contributed by atoms with Crippen molar-refractivity contribution in [3.8, 4) is 5.75 Å². The van der Waals surface area contributed by atoms with Gasteiger partial charge in [-0.2, -0.15) is 0 Å². The molecule has 10 heteroatoms. The van der Waals surface area contributed by atoms with Crippen LogP contribution in [0, 0.1) is 5.82 Å². The molecule has 182 valence electrons. The standard InChI is InChI=1S/C25H26FN5O4/c1-34-20-8-4-18(5-9-20)22-15-31-21(16-35-22)24(27-28-31)25(33)30-12-10-29(11-13-30)23(32)14-17-2-6-19(26)7-3-17/h2-9,22H,10-16H2,1H3. The smallest absolute Gasteiger partial charge is 0.276 e. The second-order valence-electron chi connectivity index (χ2n) is 8.62. The lowest BCUT2D eigenvalue weighted by molar-refractivity contribution is -0.131. The molecule has 35 heavy (non-hydrogen) atoms. The highest BCUT2D eigenvalue weighted by atomic mass is 19.1. The van der Waals surface area contributed by atoms with Crippen LogP contribution >= 0.6 is 0 Å². The summed E-state index contributed by atoms with van der Waals surface area (Å²) in [4.78, 5) is 29.2. The van der Waals surface area contributed by atoms with Gasteiger partial charge in [-0.3, -0.25) is 9.59 Å². The number of carbonyl (C=O) groups excluding carboxylic acids is 2. The lowest BCUT2D eigenvalue weighted by Crippen LogP contribution is -2.51. The van der Waals surface area contributed by atoms with Crippen molar-refractivity contribution in [3.63, 3.8) is 0 Å². The highest BCUT2D eigenvalue weighted by Gasteiger charge is 2.32. The molecule has 1 unspecified atom stereocenters. The molecule has 3 aromatic rings. The third-order valence-electron chi connectivity index (χ3n) is 6.48. The molecule has 0 radical (unpaired) electrons. The van der Waals surface area contributed by atoms with Crippen molar-refractivity contribution in [1.29, 1.82) is 0 Å². The Kier molecular flexibility index (Phi) is 6.45. The molecule has 3 heterocycles. The van der Waals surface area contributed by atoms with Crippen molar-refractivity contribution < 1.29 is 23.5 Å². The molecule has 1 fully saturated rings. The first-order valence-corrected chi connectivity index (χ1v) is 11.5. The molecular formula is C25H26FN5O4. The molecule has 0 aliphatic carbocycles. The highest BCUT2D eigenvalue weighted by molar-refractivity contribution is 5.93. The Morgan fingerprint density at radius 1 is 1.03 bits per heavy atom. The van der Waals surface area contributed by atoms with Crippen LogP contribution in [0.25, 0.3) is 0 Å². The maximum absolute atomic E-state index is 13.2. The van der Waals surface area contributed by atoms with Crippen molar-refractivity contribution >= 4 is 11.8 Å². The van der Waals surface area contributed by atoms with Crippen molar-refractivity contribution in [2.75, 3.05) is 33.3 Å². The Morgan fingerprint density at radius 2 is 1.71 bits per heavy atom. The summed E-state index contributed by atoms with van der Waals surface area (Å²) in [6.45, 7) is 2.40. The van der Waals surface area contributed by atoms with E-state index in [1.54, 1.807) is 33.7 Å². The predicted octanol–water partition coefficient (Wildman–Crippen LogP) is 2.22. The van der Waals surface area contributed by atoms with Gasteiger partial charge in [-0.25, -0.2) is 9.07 Å². The number of piperazine rings is 1. The van der Waals surface area contributed by atoms with E-state index >= 15 is 0 Å². The summed E-state index contributed by atoms with van der Waals surface area (Å²) in [6, 6.07) is 13.6. The van der Waals surface area contributed by atoms with E-state index in [0.29, 0.717) is 44.1 Å². The maximum Gasteiger partial charge on any atom is 0.276 e. The van der Waals surface area contributed by atoms with E-state index in [2.05, 4.69) is 10.3 Å². The Morgan fingerprint density at radius 3 is 2.40 bits per heavy atom. The van der Waals surface area contributed by atoms with Crippen molar-refractivity contribution in [2.45, 2.75) is 25.7 Å². The molecule has 1 aromatic heterocycles. The zero-order valence-electron chi connectivity index (χ0n) is 19.4. The number of aromatic nitrogens is 3. The fraction of sp³-hybridized carbons (Fsp3) is 0.360. The Balaban J connectivity index is 1.18. The monoisotopic (exact) mass is 479 g/mol. The highest BCUT2D eigenvalue weighted by Crippen LogP contribution is 2.28. The lowest BCUT2D eigenvalue weighted by atomic mass is 10.1. The van der Waals surface area contributed by atoms with Gasteiger partial charge < -0.3 is 19.3 Å². The van der Waals surface area contributed by atoms with Crippen molar-refractivity contribution in [1.82, 2.24) is 24.8 Å². The molecule has 2 amide bonds. The van der Waals surface area contributed by atoms with Crippen molar-refractivity contribution in [3.05, 3.63) is 76.9 Å². The average Bonchev–Trinajstić information content (AvgIpc) is 3.33. The van der Waals surface area contributed by atoms with E-state index in [4.69, 9.17) is 9.47 Å². The second kappa shape index (κ2) is 9.83. The number of rotatable bonds is 5. The number of halogens is 1. The van der Waals surface area contributed by atoms with Gasteiger partial charge in [-0.15, -0.1) is 5.10 Å². The summed E-state index contributed by atoms with van der Waals surface area (Å²) in [6.07, 6.45) is 0.0214. The van der Waals surface area contributed by atoms with Gasteiger partial charge in [-0.05, 0) is 35.4 Å². The van der Waals surface area contributed by atoms with Gasteiger partial charge in [0.1, 0.15) is 17.7 Å². The van der Waals surface area contributed by atoms with Crippen LogP contribution in [0.2, 0.25) is 0 Å². The molecule has 2 aliphatic rings. The van der Waals surface area contributed by atoms with Crippen LogP contribution in [0.15, 0.2) is 48.5 Å². The molecular weight excluding hydrogens is 453 g/mol. The number of hydrogen-bond donors (Lipinski definition) is 0. The summed E-state index contributed by atoms with van der Waals surface area (Å²) < 4.78 is 26.0. The number of ether oxygens (including phenoxy) is 2. The zero-order chi connectivity index (χ0) is 24.4. The second-order valence-corrected chi connectivity index (χ2v) is 8.62. The van der Waals surface area contributed by atoms with Gasteiger partial charge in [0.25, 0.3) is 5.91 Å². The SMILES string of the molecule is COc1ccc(C2Cn3nnc(C(=O)N4CCN(C(=O)Cc5ccc(F)cc5)CC4)c3CO2)cc1. The van der Waals surface area contributed by atoms with Gasteiger partial charge in [0.15, 0.2) is 5.69 Å². The fourth-order valence-electron chi connectivity index (χ4n) is 4.40. The quantitative estimate of drug-likeness (QED) is 0.558. The summed E-state index contributed by atoms with van der Waals surface area (Å²) in [5, 5.41) is 8.36. The molecule has 0 N–H and O–H groups in total. The van der Waals surface area contributed by atoms with Gasteiger partial charge >= 0.3 is 0 Å². The van der Waals surface area contributed by atoms with Gasteiger partial charge in [0, 0.05) is 26.2 Å². The van der Waals surface area contributed by atoms with Crippen LogP contribution in [-0.4, -0.2) is 69.9 Å². The third-order valence-corrected chi connectivity index (χ3v) is 6.48. The number of amides is 2. The number of benzene rings is 2. The van der Waals surface area contributed by atoms with E-state index in [1.165, 1.54) is 12.1 Å². The van der Waals surface area contributed by atoms with Crippen LogP contribution in [0.1, 0.15) is 33.4 Å². The molecule has 0 saturated carbocycles. The number of fused-ring (bicyclic) bond motifs is 1. The first-order valence-electron chi connectivity index (χ1n) is 11.5. The average molecular weight is 480 g/mol. The Bertz CT molecular complexity index is 1200.